The van der Waals surface area contributed by atoms with Gasteiger partial charge < -0.3 is 10.4 Å². The lowest BCUT2D eigenvalue weighted by atomic mass is 10.0. The van der Waals surface area contributed by atoms with Crippen molar-refractivity contribution in [2.45, 2.75) is 19.8 Å². The number of carbonyl (C=O) groups is 2. The third-order valence-corrected chi connectivity index (χ3v) is 2.17. The Labute approximate surface area is 105 Å². The predicted octanol–water partition coefficient (Wildman–Crippen LogP) is 1.95. The number of nitrogens with one attached hydrogen (secondary N) is 2. The van der Waals surface area contributed by atoms with Crippen molar-refractivity contribution in [3.63, 3.8) is 0 Å². The summed E-state index contributed by atoms with van der Waals surface area (Å²) in [5.41, 5.74) is 3.70. The van der Waals surface area contributed by atoms with Crippen molar-refractivity contribution >= 4 is 17.7 Å². The van der Waals surface area contributed by atoms with Gasteiger partial charge in [-0.2, -0.15) is 0 Å². The molecule has 0 spiro atoms. The normalized spacial score (nSPS) is 10.2. The summed E-state index contributed by atoms with van der Waals surface area (Å²) < 4.78 is 0. The number of carbonyl (C=O) groups excluding carboxylic acids is 1. The molecule has 6 heteroatoms. The third kappa shape index (κ3) is 4.84. The Morgan fingerprint density at radius 3 is 2.72 bits per heavy atom. The molecule has 0 saturated carbocycles. The number of benzene rings is 1. The summed E-state index contributed by atoms with van der Waals surface area (Å²) in [6, 6.07) is 6.78. The number of aliphatic carboxylic acids is 1. The first-order valence-corrected chi connectivity index (χ1v) is 5.49. The molecule has 3 N–H and O–H groups in total. The molecule has 0 atom stereocenters. The fourth-order valence-corrected chi connectivity index (χ4v) is 1.30. The van der Waals surface area contributed by atoms with E-state index in [1.54, 1.807) is 6.07 Å². The van der Waals surface area contributed by atoms with Gasteiger partial charge in [0.2, 0.25) is 0 Å². The van der Waals surface area contributed by atoms with Crippen molar-refractivity contribution < 1.29 is 19.5 Å². The number of urea groups is 1. The fourth-order valence-electron chi connectivity index (χ4n) is 1.30. The Morgan fingerprint density at radius 2 is 2.11 bits per heavy atom. The average molecular weight is 252 g/mol. The molecule has 0 bridgehead atoms. The van der Waals surface area contributed by atoms with E-state index in [0.29, 0.717) is 11.6 Å². The van der Waals surface area contributed by atoms with Crippen molar-refractivity contribution in [3.8, 4) is 0 Å². The van der Waals surface area contributed by atoms with Gasteiger partial charge in [0.05, 0.1) is 0 Å². The van der Waals surface area contributed by atoms with Crippen LogP contribution < -0.4 is 10.8 Å². The zero-order valence-electron chi connectivity index (χ0n) is 10.3. The van der Waals surface area contributed by atoms with Gasteiger partial charge in [-0.1, -0.05) is 26.0 Å². The molecule has 0 aromatic heterocycles. The quantitative estimate of drug-likeness (QED) is 0.699. The maximum atomic E-state index is 11.3. The molecular formula is C12H16N2O4. The molecule has 1 aromatic carbocycles. The number of hydrogen-bond donors (Lipinski definition) is 3. The first kappa shape index (κ1) is 14.0. The monoisotopic (exact) mass is 252 g/mol. The van der Waals surface area contributed by atoms with Gasteiger partial charge in [-0.05, 0) is 23.6 Å². The number of hydroxylamine groups is 1. The Morgan fingerprint density at radius 1 is 1.39 bits per heavy atom. The van der Waals surface area contributed by atoms with E-state index in [9.17, 15) is 9.59 Å². The Kier molecular flexibility index (Phi) is 5.13. The minimum Gasteiger partial charge on any atom is -0.479 e. The van der Waals surface area contributed by atoms with Gasteiger partial charge in [0, 0.05) is 5.69 Å². The van der Waals surface area contributed by atoms with Gasteiger partial charge in [0.1, 0.15) is 0 Å². The van der Waals surface area contributed by atoms with E-state index in [-0.39, 0.29) is 0 Å². The van der Waals surface area contributed by atoms with Crippen molar-refractivity contribution in [1.82, 2.24) is 5.48 Å². The van der Waals surface area contributed by atoms with Crippen LogP contribution in [0.5, 0.6) is 0 Å². The van der Waals surface area contributed by atoms with Crippen LogP contribution in [0.4, 0.5) is 10.5 Å². The van der Waals surface area contributed by atoms with Crippen LogP contribution in [-0.2, 0) is 9.63 Å². The molecule has 0 aliphatic heterocycles. The number of amides is 2. The molecule has 0 saturated heterocycles. The summed E-state index contributed by atoms with van der Waals surface area (Å²) in [5.74, 6) is -0.796. The zero-order chi connectivity index (χ0) is 13.5. The Bertz CT molecular complexity index is 432. The molecule has 98 valence electrons. The standard InChI is InChI=1S/C12H16N2O4/c1-8(2)9-4-3-5-10(6-9)13-12(17)14-18-7-11(15)16/h3-6,8H,7H2,1-2H3,(H,15,16)(H2,13,14,17). The molecular weight excluding hydrogens is 236 g/mol. The van der Waals surface area contributed by atoms with Gasteiger partial charge in [-0.15, -0.1) is 0 Å². The first-order valence-electron chi connectivity index (χ1n) is 5.49. The molecule has 0 fully saturated rings. The van der Waals surface area contributed by atoms with Crippen LogP contribution in [0.1, 0.15) is 25.3 Å². The smallest absolute Gasteiger partial charge is 0.343 e. The van der Waals surface area contributed by atoms with E-state index < -0.39 is 18.6 Å². The van der Waals surface area contributed by atoms with Gasteiger partial charge in [-0.25, -0.2) is 15.1 Å². The van der Waals surface area contributed by atoms with E-state index in [1.165, 1.54) is 0 Å². The van der Waals surface area contributed by atoms with Crippen LogP contribution in [0.2, 0.25) is 0 Å². The molecule has 18 heavy (non-hydrogen) atoms. The highest BCUT2D eigenvalue weighted by atomic mass is 16.7. The topological polar surface area (TPSA) is 87.7 Å². The van der Waals surface area contributed by atoms with Crippen LogP contribution in [0.3, 0.4) is 0 Å². The lowest BCUT2D eigenvalue weighted by Crippen LogP contribution is -2.30. The largest absolute Gasteiger partial charge is 0.479 e. The van der Waals surface area contributed by atoms with Gasteiger partial charge in [-0.3, -0.25) is 4.84 Å². The van der Waals surface area contributed by atoms with Crippen LogP contribution in [0, 0.1) is 0 Å². The second-order valence-electron chi connectivity index (χ2n) is 4.02. The summed E-state index contributed by atoms with van der Waals surface area (Å²) in [6.45, 7) is 3.52. The van der Waals surface area contributed by atoms with Gasteiger partial charge in [0.15, 0.2) is 6.61 Å². The highest BCUT2D eigenvalue weighted by molar-refractivity contribution is 5.88. The molecule has 2 amide bonds. The molecule has 0 radical (unpaired) electrons. The average Bonchev–Trinajstić information content (AvgIpc) is 2.28. The maximum Gasteiger partial charge on any atom is 0.343 e. The number of carboxylic acids is 1. The maximum absolute atomic E-state index is 11.3. The van der Waals surface area contributed by atoms with E-state index in [2.05, 4.69) is 24.0 Å². The van der Waals surface area contributed by atoms with Crippen LogP contribution >= 0.6 is 0 Å². The zero-order valence-corrected chi connectivity index (χ0v) is 10.3. The lowest BCUT2D eigenvalue weighted by molar-refractivity contribution is -0.143. The van der Waals surface area contributed by atoms with Gasteiger partial charge >= 0.3 is 12.0 Å². The second kappa shape index (κ2) is 6.61. The van der Waals surface area contributed by atoms with Crippen LogP contribution in [-0.4, -0.2) is 23.7 Å². The SMILES string of the molecule is CC(C)c1cccc(NC(=O)NOCC(=O)O)c1. The summed E-state index contributed by atoms with van der Waals surface area (Å²) in [5, 5.41) is 10.9. The molecule has 6 nitrogen and oxygen atoms in total. The fraction of sp³-hybridized carbons (Fsp3) is 0.333. The van der Waals surface area contributed by atoms with E-state index in [1.807, 2.05) is 23.7 Å². The van der Waals surface area contributed by atoms with Crippen LogP contribution in [0.25, 0.3) is 0 Å². The number of rotatable bonds is 5. The summed E-state index contributed by atoms with van der Waals surface area (Å²) >= 11 is 0. The third-order valence-electron chi connectivity index (χ3n) is 2.17. The van der Waals surface area contributed by atoms with E-state index in [4.69, 9.17) is 5.11 Å². The molecule has 0 heterocycles. The summed E-state index contributed by atoms with van der Waals surface area (Å²) in [4.78, 5) is 25.9. The van der Waals surface area contributed by atoms with Crippen molar-refractivity contribution in [2.24, 2.45) is 0 Å². The molecule has 0 unspecified atom stereocenters. The first-order chi connectivity index (χ1) is 8.49. The van der Waals surface area contributed by atoms with Gasteiger partial charge in [0.25, 0.3) is 0 Å². The second-order valence-corrected chi connectivity index (χ2v) is 4.02. The van der Waals surface area contributed by atoms with Crippen molar-refractivity contribution in [3.05, 3.63) is 29.8 Å². The predicted molar refractivity (Wildman–Crippen MR) is 66.3 cm³/mol. The highest BCUT2D eigenvalue weighted by Crippen LogP contribution is 2.18. The lowest BCUT2D eigenvalue weighted by Gasteiger charge is -2.10. The molecule has 1 rings (SSSR count). The summed E-state index contributed by atoms with van der Waals surface area (Å²) in [6.07, 6.45) is 0. The Balaban J connectivity index is 2.49. The number of anilines is 1. The van der Waals surface area contributed by atoms with Crippen molar-refractivity contribution in [2.75, 3.05) is 11.9 Å². The van der Waals surface area contributed by atoms with E-state index >= 15 is 0 Å². The number of hydrogen-bond acceptors (Lipinski definition) is 3. The number of carboxylic acid groups (broad SMARTS) is 1. The summed E-state index contributed by atoms with van der Waals surface area (Å²) in [7, 11) is 0. The van der Waals surface area contributed by atoms with E-state index in [0.717, 1.165) is 5.56 Å². The minimum atomic E-state index is -1.16. The molecule has 1 aromatic rings. The molecule has 0 aliphatic rings. The van der Waals surface area contributed by atoms with Crippen molar-refractivity contribution in [1.29, 1.82) is 0 Å². The highest BCUT2D eigenvalue weighted by Gasteiger charge is 2.05. The minimum absolute atomic E-state index is 0.359. The molecule has 0 aliphatic carbocycles. The van der Waals surface area contributed by atoms with Crippen LogP contribution in [0.15, 0.2) is 24.3 Å². The Hall–Kier alpha value is -2.08.